The van der Waals surface area contributed by atoms with Crippen molar-refractivity contribution in [3.05, 3.63) is 67.7 Å². The normalized spacial score (nSPS) is 16.4. The first-order chi connectivity index (χ1) is 15.5. The average molecular weight is 495 g/mol. The van der Waals surface area contributed by atoms with E-state index in [2.05, 4.69) is 10.6 Å². The molecule has 0 saturated carbocycles. The van der Waals surface area contributed by atoms with Crippen molar-refractivity contribution in [1.29, 1.82) is 0 Å². The molecule has 1 aliphatic heterocycles. The van der Waals surface area contributed by atoms with Crippen LogP contribution in [0.15, 0.2) is 36.4 Å². The van der Waals surface area contributed by atoms with Crippen molar-refractivity contribution < 1.29 is 14.5 Å². The molecule has 2 aromatic rings. The predicted octanol–water partition coefficient (Wildman–Crippen LogP) is 5.44. The van der Waals surface area contributed by atoms with Gasteiger partial charge < -0.3 is 15.4 Å². The Hall–Kier alpha value is -2.55. The van der Waals surface area contributed by atoms with Gasteiger partial charge in [-0.15, -0.1) is 0 Å². The minimum absolute atomic E-state index is 0.0481. The SMILES string of the molecule is CC(C)(C)OC(=O)N1CCNCC1c1ccc(NCCc2cc(Cl)cc(Cl)c2)cc1[N+](=O)[O-]. The molecule has 0 aliphatic carbocycles. The van der Waals surface area contributed by atoms with E-state index in [0.717, 1.165) is 5.56 Å². The van der Waals surface area contributed by atoms with Crippen molar-refractivity contribution in [3.8, 4) is 0 Å². The number of nitrogens with one attached hydrogen (secondary N) is 2. The highest BCUT2D eigenvalue weighted by Crippen LogP contribution is 2.33. The summed E-state index contributed by atoms with van der Waals surface area (Å²) in [4.78, 5) is 25.8. The zero-order valence-corrected chi connectivity index (χ0v) is 20.4. The molecule has 1 heterocycles. The quantitative estimate of drug-likeness (QED) is 0.410. The van der Waals surface area contributed by atoms with Gasteiger partial charge in [-0.25, -0.2) is 4.79 Å². The van der Waals surface area contributed by atoms with E-state index >= 15 is 0 Å². The van der Waals surface area contributed by atoms with E-state index in [-0.39, 0.29) is 5.69 Å². The molecule has 1 unspecified atom stereocenters. The summed E-state index contributed by atoms with van der Waals surface area (Å²) in [5.41, 5.74) is 1.34. The van der Waals surface area contributed by atoms with Gasteiger partial charge in [0, 0.05) is 48.0 Å². The number of ether oxygens (including phenoxy) is 1. The second-order valence-electron chi connectivity index (χ2n) is 8.88. The molecule has 178 valence electrons. The number of hydrogen-bond acceptors (Lipinski definition) is 6. The van der Waals surface area contributed by atoms with E-state index < -0.39 is 22.7 Å². The Labute approximate surface area is 203 Å². The minimum Gasteiger partial charge on any atom is -0.444 e. The second kappa shape index (κ2) is 10.6. The van der Waals surface area contributed by atoms with Crippen molar-refractivity contribution in [1.82, 2.24) is 10.2 Å². The van der Waals surface area contributed by atoms with E-state index in [1.54, 1.807) is 43.9 Å². The second-order valence-corrected chi connectivity index (χ2v) is 9.75. The summed E-state index contributed by atoms with van der Waals surface area (Å²) < 4.78 is 5.52. The minimum atomic E-state index is -0.653. The third kappa shape index (κ3) is 6.96. The smallest absolute Gasteiger partial charge is 0.410 e. The molecule has 1 saturated heterocycles. The van der Waals surface area contributed by atoms with E-state index in [9.17, 15) is 14.9 Å². The van der Waals surface area contributed by atoms with Crippen LogP contribution in [0.4, 0.5) is 16.2 Å². The average Bonchev–Trinajstić information content (AvgIpc) is 2.72. The van der Waals surface area contributed by atoms with Crippen molar-refractivity contribution in [2.24, 2.45) is 0 Å². The number of carbonyl (C=O) groups excluding carboxylic acids is 1. The first-order valence-electron chi connectivity index (χ1n) is 10.7. The van der Waals surface area contributed by atoms with Crippen molar-refractivity contribution >= 4 is 40.7 Å². The third-order valence-electron chi connectivity index (χ3n) is 5.12. The fourth-order valence-corrected chi connectivity index (χ4v) is 4.29. The van der Waals surface area contributed by atoms with Crippen molar-refractivity contribution in [3.63, 3.8) is 0 Å². The summed E-state index contributed by atoms with van der Waals surface area (Å²) in [6.45, 7) is 7.33. The molecule has 1 aliphatic rings. The van der Waals surface area contributed by atoms with Crippen molar-refractivity contribution in [2.75, 3.05) is 31.5 Å². The van der Waals surface area contributed by atoms with Crippen LogP contribution in [0.5, 0.6) is 0 Å². The van der Waals surface area contributed by atoms with Gasteiger partial charge in [0.25, 0.3) is 5.69 Å². The van der Waals surface area contributed by atoms with E-state index in [0.29, 0.717) is 53.9 Å². The first-order valence-corrected chi connectivity index (χ1v) is 11.5. The summed E-state index contributed by atoms with van der Waals surface area (Å²) in [5, 5.41) is 19.4. The van der Waals surface area contributed by atoms with Crippen LogP contribution >= 0.6 is 23.2 Å². The molecule has 1 atom stereocenters. The van der Waals surface area contributed by atoms with Crippen LogP contribution in [0, 0.1) is 10.1 Å². The van der Waals surface area contributed by atoms with Gasteiger partial charge in [-0.05, 0) is 63.1 Å². The third-order valence-corrected chi connectivity index (χ3v) is 5.56. The standard InChI is InChI=1S/C23H28Cl2N4O4/c1-23(2,3)33-22(30)28-9-8-26-14-21(28)19-5-4-18(13-20(19)29(31)32)27-7-6-15-10-16(24)12-17(25)11-15/h4-5,10-13,21,26-27H,6-9,14H2,1-3H3. The predicted molar refractivity (Wildman–Crippen MR) is 130 cm³/mol. The number of piperazine rings is 1. The number of amides is 1. The lowest BCUT2D eigenvalue weighted by atomic mass is 10.0. The maximum Gasteiger partial charge on any atom is 0.410 e. The molecule has 0 bridgehead atoms. The molecular weight excluding hydrogens is 467 g/mol. The number of benzene rings is 2. The summed E-state index contributed by atoms with van der Waals surface area (Å²) in [7, 11) is 0. The van der Waals surface area contributed by atoms with Gasteiger partial charge in [0.15, 0.2) is 0 Å². The molecule has 0 radical (unpaired) electrons. The van der Waals surface area contributed by atoms with E-state index in [1.165, 1.54) is 6.07 Å². The fraction of sp³-hybridized carbons (Fsp3) is 0.435. The Morgan fingerprint density at radius 1 is 1.24 bits per heavy atom. The molecular formula is C23H28Cl2N4O4. The molecule has 3 rings (SSSR count). The van der Waals surface area contributed by atoms with Crippen LogP contribution in [0.3, 0.4) is 0 Å². The summed E-state index contributed by atoms with van der Waals surface area (Å²) in [5.74, 6) is 0. The topological polar surface area (TPSA) is 96.7 Å². The largest absolute Gasteiger partial charge is 0.444 e. The Morgan fingerprint density at radius 2 is 1.94 bits per heavy atom. The fourth-order valence-electron chi connectivity index (χ4n) is 3.72. The molecule has 1 fully saturated rings. The number of rotatable bonds is 6. The van der Waals surface area contributed by atoms with Gasteiger partial charge >= 0.3 is 6.09 Å². The number of hydrogen-bond donors (Lipinski definition) is 2. The van der Waals surface area contributed by atoms with Gasteiger partial charge in [-0.1, -0.05) is 23.2 Å². The highest BCUT2D eigenvalue weighted by molar-refractivity contribution is 6.34. The molecule has 2 N–H and O–H groups in total. The zero-order valence-electron chi connectivity index (χ0n) is 18.9. The van der Waals surface area contributed by atoms with Crippen LogP contribution in [0.25, 0.3) is 0 Å². The molecule has 8 nitrogen and oxygen atoms in total. The van der Waals surface area contributed by atoms with Gasteiger partial charge in [0.1, 0.15) is 5.60 Å². The summed E-state index contributed by atoms with van der Waals surface area (Å²) in [6.07, 6.45) is 0.167. The summed E-state index contributed by atoms with van der Waals surface area (Å²) in [6, 6.07) is 9.83. The first kappa shape index (κ1) is 25.1. The van der Waals surface area contributed by atoms with Gasteiger partial charge in [0.2, 0.25) is 0 Å². The lowest BCUT2D eigenvalue weighted by Crippen LogP contribution is -2.50. The van der Waals surface area contributed by atoms with E-state index in [4.69, 9.17) is 27.9 Å². The number of nitrogens with zero attached hydrogens (tertiary/aromatic N) is 2. The summed E-state index contributed by atoms with van der Waals surface area (Å²) >= 11 is 12.1. The van der Waals surface area contributed by atoms with Gasteiger partial charge in [-0.3, -0.25) is 15.0 Å². The highest BCUT2D eigenvalue weighted by atomic mass is 35.5. The van der Waals surface area contributed by atoms with E-state index in [1.807, 2.05) is 12.1 Å². The Kier molecular flexibility index (Phi) is 8.05. The molecule has 0 aromatic heterocycles. The van der Waals surface area contributed by atoms with Crippen LogP contribution in [0.2, 0.25) is 10.0 Å². The van der Waals surface area contributed by atoms with Crippen LogP contribution in [-0.4, -0.2) is 47.7 Å². The highest BCUT2D eigenvalue weighted by Gasteiger charge is 2.35. The molecule has 2 aromatic carbocycles. The molecule has 1 amide bonds. The lowest BCUT2D eigenvalue weighted by molar-refractivity contribution is -0.385. The van der Waals surface area contributed by atoms with Gasteiger partial charge in [-0.2, -0.15) is 0 Å². The lowest BCUT2D eigenvalue weighted by Gasteiger charge is -2.37. The number of halogens is 2. The van der Waals surface area contributed by atoms with Crippen LogP contribution < -0.4 is 10.6 Å². The number of nitro benzene ring substituents is 1. The van der Waals surface area contributed by atoms with Crippen LogP contribution in [0.1, 0.15) is 37.9 Å². The number of anilines is 1. The van der Waals surface area contributed by atoms with Gasteiger partial charge in [0.05, 0.1) is 16.5 Å². The number of nitro groups is 1. The Balaban J connectivity index is 1.77. The molecule has 33 heavy (non-hydrogen) atoms. The Bertz CT molecular complexity index is 1010. The Morgan fingerprint density at radius 3 is 2.58 bits per heavy atom. The maximum atomic E-state index is 12.7. The molecule has 0 spiro atoms. The zero-order chi connectivity index (χ0) is 24.2. The van der Waals surface area contributed by atoms with Crippen molar-refractivity contribution in [2.45, 2.75) is 38.8 Å². The number of carbonyl (C=O) groups is 1. The van der Waals surface area contributed by atoms with Crippen LogP contribution in [-0.2, 0) is 11.2 Å². The monoisotopic (exact) mass is 494 g/mol. The maximum absolute atomic E-state index is 12.7. The molecule has 10 heteroatoms.